The van der Waals surface area contributed by atoms with Crippen molar-refractivity contribution in [2.45, 2.75) is 64.5 Å². The minimum absolute atomic E-state index is 0.0233. The Kier molecular flexibility index (Phi) is 8.81. The fraction of sp³-hybridized carbons (Fsp3) is 0.516. The number of carbonyl (C=O) groups excluding carboxylic acids is 2. The van der Waals surface area contributed by atoms with Crippen molar-refractivity contribution in [1.29, 1.82) is 0 Å². The number of carbonyl (C=O) groups is 2. The molecule has 39 heavy (non-hydrogen) atoms. The molecule has 0 bridgehead atoms. The van der Waals surface area contributed by atoms with Gasteiger partial charge < -0.3 is 24.3 Å². The molecule has 0 radical (unpaired) electrons. The number of hydrogen-bond donors (Lipinski definition) is 1. The van der Waals surface area contributed by atoms with Gasteiger partial charge in [0.2, 0.25) is 11.8 Å². The van der Waals surface area contributed by atoms with Crippen LogP contribution in [-0.4, -0.2) is 59.6 Å². The minimum atomic E-state index is 0.0233. The van der Waals surface area contributed by atoms with E-state index in [1.807, 2.05) is 45.9 Å². The summed E-state index contributed by atoms with van der Waals surface area (Å²) in [7, 11) is 1.65. The van der Waals surface area contributed by atoms with E-state index in [0.717, 1.165) is 61.1 Å². The van der Waals surface area contributed by atoms with E-state index in [0.29, 0.717) is 45.7 Å². The van der Waals surface area contributed by atoms with Crippen LogP contribution in [0.15, 0.2) is 48.5 Å². The molecule has 3 heterocycles. The minimum Gasteiger partial charge on any atom is -0.493 e. The van der Waals surface area contributed by atoms with E-state index in [9.17, 15) is 9.59 Å². The first-order chi connectivity index (χ1) is 19.1. The Morgan fingerprint density at radius 2 is 1.82 bits per heavy atom. The number of rotatable bonds is 4. The van der Waals surface area contributed by atoms with Gasteiger partial charge in [0, 0.05) is 33.2 Å². The number of nitrogens with one attached hydrogen (secondary N) is 1. The van der Waals surface area contributed by atoms with Gasteiger partial charge in [-0.1, -0.05) is 36.8 Å². The summed E-state index contributed by atoms with van der Waals surface area (Å²) in [6, 6.07) is 16.1. The summed E-state index contributed by atoms with van der Waals surface area (Å²) in [5, 5.41) is 3.21. The van der Waals surface area contributed by atoms with E-state index in [1.54, 1.807) is 7.11 Å². The smallest absolute Gasteiger partial charge is 0.242 e. The normalized spacial score (nSPS) is 18.7. The third-order valence-electron chi connectivity index (χ3n) is 8.32. The van der Waals surface area contributed by atoms with Crippen molar-refractivity contribution in [2.75, 3.05) is 33.4 Å². The number of para-hydroxylation sites is 3. The zero-order chi connectivity index (χ0) is 27.1. The number of likely N-dealkylation sites (tertiary alicyclic amines) is 1. The van der Waals surface area contributed by atoms with Crippen molar-refractivity contribution in [3.8, 4) is 5.75 Å². The van der Waals surface area contributed by atoms with Crippen LogP contribution in [0.5, 0.6) is 5.75 Å². The lowest BCUT2D eigenvalue weighted by molar-refractivity contribution is -0.134. The monoisotopic (exact) mass is 532 g/mol. The summed E-state index contributed by atoms with van der Waals surface area (Å²) in [6.07, 6.45) is 7.15. The zero-order valence-corrected chi connectivity index (χ0v) is 23.0. The average Bonchev–Trinajstić information content (AvgIpc) is 3.30. The summed E-state index contributed by atoms with van der Waals surface area (Å²) in [5.41, 5.74) is 3.09. The molecule has 8 heteroatoms. The molecule has 0 unspecified atom stereocenters. The summed E-state index contributed by atoms with van der Waals surface area (Å²) in [5.74, 6) is 1.89. The van der Waals surface area contributed by atoms with Crippen LogP contribution in [0, 0.1) is 5.41 Å². The molecule has 2 aliphatic heterocycles. The standard InChI is InChI=1S/C31H40N4O4/c1-38-22-28-33-25-11-3-4-12-26(25)35(28)21-30(37)34-18-16-31(17-19-34)15-7-6-10-24-9-2-5-13-27(24)39-20-8-14-29(36)32-23-31/h2-5,9,11-13H,6-8,10,14-23H2,1H3,(H,32,36). The molecular formula is C31H40N4O4. The van der Waals surface area contributed by atoms with Gasteiger partial charge in [-0.15, -0.1) is 0 Å². The van der Waals surface area contributed by atoms with Gasteiger partial charge in [-0.25, -0.2) is 4.98 Å². The van der Waals surface area contributed by atoms with Gasteiger partial charge in [0.05, 0.1) is 17.6 Å². The first-order valence-corrected chi connectivity index (χ1v) is 14.3. The Balaban J connectivity index is 1.23. The molecule has 2 amide bonds. The van der Waals surface area contributed by atoms with Gasteiger partial charge in [-0.05, 0) is 67.7 Å². The lowest BCUT2D eigenvalue weighted by Gasteiger charge is -2.42. The summed E-state index contributed by atoms with van der Waals surface area (Å²) < 4.78 is 13.3. The van der Waals surface area contributed by atoms with Gasteiger partial charge in [0.15, 0.2) is 0 Å². The van der Waals surface area contributed by atoms with Gasteiger partial charge in [-0.2, -0.15) is 0 Å². The maximum atomic E-state index is 13.4. The lowest BCUT2D eigenvalue weighted by atomic mass is 9.74. The summed E-state index contributed by atoms with van der Waals surface area (Å²) in [4.78, 5) is 32.7. The number of nitrogens with zero attached hydrogens (tertiary/aromatic N) is 3. The Labute approximate surface area is 230 Å². The quantitative estimate of drug-likeness (QED) is 0.535. The molecule has 208 valence electrons. The number of methoxy groups -OCH3 is 1. The van der Waals surface area contributed by atoms with Crippen molar-refractivity contribution in [3.63, 3.8) is 0 Å². The molecule has 0 aliphatic carbocycles. The average molecular weight is 533 g/mol. The number of fused-ring (bicyclic) bond motifs is 2. The maximum absolute atomic E-state index is 13.4. The first-order valence-electron chi connectivity index (χ1n) is 14.3. The molecule has 3 aromatic rings. The second-order valence-electron chi connectivity index (χ2n) is 11.0. The van der Waals surface area contributed by atoms with E-state index < -0.39 is 0 Å². The predicted molar refractivity (Wildman–Crippen MR) is 150 cm³/mol. The Hall–Kier alpha value is -3.39. The number of benzene rings is 2. The topological polar surface area (TPSA) is 85.7 Å². The lowest BCUT2D eigenvalue weighted by Crippen LogP contribution is -2.48. The van der Waals surface area contributed by atoms with Crippen LogP contribution in [0.2, 0.25) is 0 Å². The Morgan fingerprint density at radius 3 is 2.67 bits per heavy atom. The zero-order valence-electron chi connectivity index (χ0n) is 23.0. The Bertz CT molecular complexity index is 1280. The van der Waals surface area contributed by atoms with Crippen LogP contribution in [0.25, 0.3) is 11.0 Å². The van der Waals surface area contributed by atoms with E-state index >= 15 is 0 Å². The summed E-state index contributed by atoms with van der Waals surface area (Å²) in [6.45, 7) is 3.25. The van der Waals surface area contributed by atoms with Crippen LogP contribution >= 0.6 is 0 Å². The predicted octanol–water partition coefficient (Wildman–Crippen LogP) is 4.49. The van der Waals surface area contributed by atoms with Crippen molar-refractivity contribution in [3.05, 3.63) is 59.9 Å². The SMILES string of the molecule is COCc1nc2ccccc2n1CC(=O)N1CCC2(CCCCc3ccccc3OCCCC(=O)NC2)CC1. The van der Waals surface area contributed by atoms with E-state index in [1.165, 1.54) is 5.56 Å². The second kappa shape index (κ2) is 12.6. The maximum Gasteiger partial charge on any atom is 0.242 e. The number of hydrogen-bond acceptors (Lipinski definition) is 5. The molecule has 2 aliphatic rings. The van der Waals surface area contributed by atoms with Crippen molar-refractivity contribution in [2.24, 2.45) is 5.41 Å². The molecule has 1 saturated heterocycles. The fourth-order valence-electron chi connectivity index (χ4n) is 5.98. The van der Waals surface area contributed by atoms with Crippen molar-refractivity contribution in [1.82, 2.24) is 19.8 Å². The highest BCUT2D eigenvalue weighted by Crippen LogP contribution is 2.37. The molecule has 8 nitrogen and oxygen atoms in total. The number of ether oxygens (including phenoxy) is 2. The number of aromatic nitrogens is 2. The Morgan fingerprint density at radius 1 is 1.03 bits per heavy atom. The molecule has 1 aromatic heterocycles. The van der Waals surface area contributed by atoms with E-state index in [2.05, 4.69) is 22.4 Å². The number of aryl methyl sites for hydroxylation is 1. The highest BCUT2D eigenvalue weighted by atomic mass is 16.5. The molecule has 5 rings (SSSR count). The van der Waals surface area contributed by atoms with Crippen LogP contribution in [0.3, 0.4) is 0 Å². The van der Waals surface area contributed by atoms with Gasteiger partial charge in [0.25, 0.3) is 0 Å². The first kappa shape index (κ1) is 27.2. The number of piperidine rings is 1. The highest BCUT2D eigenvalue weighted by Gasteiger charge is 2.36. The molecule has 1 fully saturated rings. The van der Waals surface area contributed by atoms with Crippen molar-refractivity contribution >= 4 is 22.8 Å². The third kappa shape index (κ3) is 6.61. The molecule has 1 N–H and O–H groups in total. The number of imidazole rings is 1. The van der Waals surface area contributed by atoms with Gasteiger partial charge >= 0.3 is 0 Å². The largest absolute Gasteiger partial charge is 0.493 e. The van der Waals surface area contributed by atoms with Crippen LogP contribution < -0.4 is 10.1 Å². The van der Waals surface area contributed by atoms with Crippen LogP contribution in [-0.2, 0) is 33.9 Å². The summed E-state index contributed by atoms with van der Waals surface area (Å²) >= 11 is 0. The van der Waals surface area contributed by atoms with Gasteiger partial charge in [0.1, 0.15) is 24.7 Å². The second-order valence-corrected chi connectivity index (χ2v) is 11.0. The highest BCUT2D eigenvalue weighted by molar-refractivity contribution is 5.81. The molecule has 2 aromatic carbocycles. The van der Waals surface area contributed by atoms with Gasteiger partial charge in [-0.3, -0.25) is 9.59 Å². The molecule has 1 spiro atoms. The number of amides is 2. The van der Waals surface area contributed by atoms with E-state index in [-0.39, 0.29) is 23.8 Å². The van der Waals surface area contributed by atoms with E-state index in [4.69, 9.17) is 9.47 Å². The molecule has 0 atom stereocenters. The molecular weight excluding hydrogens is 492 g/mol. The third-order valence-corrected chi connectivity index (χ3v) is 8.32. The van der Waals surface area contributed by atoms with Crippen molar-refractivity contribution < 1.29 is 19.1 Å². The van der Waals surface area contributed by atoms with Crippen LogP contribution in [0.1, 0.15) is 56.3 Å². The molecule has 0 saturated carbocycles. The fourth-order valence-corrected chi connectivity index (χ4v) is 5.98. The van der Waals surface area contributed by atoms with Crippen LogP contribution in [0.4, 0.5) is 0 Å².